The van der Waals surface area contributed by atoms with Crippen LogP contribution in [0.25, 0.3) is 0 Å². The molecular weight excluding hydrogens is 441 g/mol. The van der Waals surface area contributed by atoms with Gasteiger partial charge >= 0.3 is 0 Å². The monoisotopic (exact) mass is 467 g/mol. The molecule has 140 valence electrons. The van der Waals surface area contributed by atoms with Gasteiger partial charge in [-0.25, -0.2) is 0 Å². The Bertz CT molecular complexity index is 679. The number of hydrogen-bond acceptors (Lipinski definition) is 3. The van der Waals surface area contributed by atoms with Crippen LogP contribution in [-0.2, 0) is 0 Å². The summed E-state index contributed by atoms with van der Waals surface area (Å²) in [5, 5.41) is 9.43. The van der Waals surface area contributed by atoms with Gasteiger partial charge in [-0.15, -0.1) is 24.0 Å². The number of carbonyl (C=O) groups is 1. The molecule has 3 N–H and O–H groups in total. The van der Waals surface area contributed by atoms with Crippen molar-refractivity contribution in [2.75, 3.05) is 19.6 Å². The molecule has 0 radical (unpaired) electrons. The molecule has 0 bridgehead atoms. The lowest BCUT2D eigenvalue weighted by molar-refractivity contribution is 0.0954. The number of nitrogens with zero attached hydrogens (tertiary/aromatic N) is 2. The van der Waals surface area contributed by atoms with Crippen molar-refractivity contribution < 1.29 is 4.79 Å². The van der Waals surface area contributed by atoms with Gasteiger partial charge in [0.05, 0.1) is 18.2 Å². The van der Waals surface area contributed by atoms with Gasteiger partial charge in [-0.3, -0.25) is 14.8 Å². The zero-order valence-electron chi connectivity index (χ0n) is 15.1. The highest BCUT2D eigenvalue weighted by atomic mass is 127. The molecule has 0 saturated carbocycles. The fourth-order valence-corrected chi connectivity index (χ4v) is 2.29. The summed E-state index contributed by atoms with van der Waals surface area (Å²) in [5.41, 5.74) is 1.74. The van der Waals surface area contributed by atoms with Gasteiger partial charge in [0.15, 0.2) is 5.96 Å². The molecule has 1 unspecified atom stereocenters. The lowest BCUT2D eigenvalue weighted by Gasteiger charge is -2.18. The molecule has 1 heterocycles. The summed E-state index contributed by atoms with van der Waals surface area (Å²) in [4.78, 5) is 20.4. The van der Waals surface area contributed by atoms with Gasteiger partial charge in [-0.05, 0) is 31.5 Å². The number of aliphatic imine (C=N–C) groups is 1. The average molecular weight is 467 g/mol. The van der Waals surface area contributed by atoms with Crippen molar-refractivity contribution in [3.05, 3.63) is 66.0 Å². The SMILES string of the molecule is CCNC(=NCCNC(=O)c1cccnc1)NC(C)c1ccccc1.I. The Morgan fingerprint density at radius 3 is 2.58 bits per heavy atom. The molecule has 0 fully saturated rings. The van der Waals surface area contributed by atoms with Gasteiger partial charge in [0, 0.05) is 25.5 Å². The summed E-state index contributed by atoms with van der Waals surface area (Å²) in [6.07, 6.45) is 3.19. The minimum Gasteiger partial charge on any atom is -0.357 e. The van der Waals surface area contributed by atoms with E-state index in [2.05, 4.69) is 45.0 Å². The van der Waals surface area contributed by atoms with Crippen molar-refractivity contribution in [3.63, 3.8) is 0 Å². The van der Waals surface area contributed by atoms with E-state index in [-0.39, 0.29) is 35.9 Å². The highest BCUT2D eigenvalue weighted by Gasteiger charge is 2.07. The lowest BCUT2D eigenvalue weighted by Crippen LogP contribution is -2.39. The van der Waals surface area contributed by atoms with Crippen LogP contribution in [0.5, 0.6) is 0 Å². The first-order valence-electron chi connectivity index (χ1n) is 8.48. The van der Waals surface area contributed by atoms with E-state index in [1.807, 2.05) is 25.1 Å². The Hall–Kier alpha value is -2.16. The summed E-state index contributed by atoms with van der Waals surface area (Å²) in [7, 11) is 0. The topological polar surface area (TPSA) is 78.4 Å². The van der Waals surface area contributed by atoms with Gasteiger partial charge in [-0.2, -0.15) is 0 Å². The fourth-order valence-electron chi connectivity index (χ4n) is 2.29. The van der Waals surface area contributed by atoms with Crippen molar-refractivity contribution in [2.24, 2.45) is 4.99 Å². The van der Waals surface area contributed by atoms with E-state index < -0.39 is 0 Å². The first-order valence-corrected chi connectivity index (χ1v) is 8.48. The zero-order valence-corrected chi connectivity index (χ0v) is 17.4. The molecule has 1 aromatic heterocycles. The van der Waals surface area contributed by atoms with Crippen molar-refractivity contribution in [1.29, 1.82) is 0 Å². The van der Waals surface area contributed by atoms with Gasteiger partial charge in [0.2, 0.25) is 0 Å². The molecule has 0 spiro atoms. The predicted octanol–water partition coefficient (Wildman–Crippen LogP) is 2.75. The number of rotatable bonds is 7. The van der Waals surface area contributed by atoms with Gasteiger partial charge < -0.3 is 16.0 Å². The Balaban J connectivity index is 0.00000338. The maximum absolute atomic E-state index is 11.9. The van der Waals surface area contributed by atoms with Crippen LogP contribution in [0.4, 0.5) is 0 Å². The van der Waals surface area contributed by atoms with E-state index in [1.165, 1.54) is 5.56 Å². The molecule has 0 aliphatic heterocycles. The third-order valence-corrected chi connectivity index (χ3v) is 3.59. The van der Waals surface area contributed by atoms with Crippen LogP contribution in [0.1, 0.15) is 35.8 Å². The maximum atomic E-state index is 11.9. The van der Waals surface area contributed by atoms with Gasteiger partial charge in [0.1, 0.15) is 0 Å². The molecule has 1 aromatic carbocycles. The number of halogens is 1. The number of guanidine groups is 1. The normalized spacial score (nSPS) is 11.8. The Kier molecular flexibility index (Phi) is 10.3. The van der Waals surface area contributed by atoms with E-state index in [9.17, 15) is 4.79 Å². The molecule has 7 heteroatoms. The first-order chi connectivity index (χ1) is 12.2. The smallest absolute Gasteiger partial charge is 0.252 e. The summed E-state index contributed by atoms with van der Waals surface area (Å²) in [6, 6.07) is 13.8. The largest absolute Gasteiger partial charge is 0.357 e. The highest BCUT2D eigenvalue weighted by molar-refractivity contribution is 14.0. The number of aromatic nitrogens is 1. The quantitative estimate of drug-likeness (QED) is 0.253. The van der Waals surface area contributed by atoms with Crippen molar-refractivity contribution in [3.8, 4) is 0 Å². The van der Waals surface area contributed by atoms with E-state index >= 15 is 0 Å². The Morgan fingerprint density at radius 2 is 1.92 bits per heavy atom. The summed E-state index contributed by atoms with van der Waals surface area (Å²) in [5.74, 6) is 0.591. The maximum Gasteiger partial charge on any atom is 0.252 e. The number of hydrogen-bond donors (Lipinski definition) is 3. The number of pyridine rings is 1. The lowest BCUT2D eigenvalue weighted by atomic mass is 10.1. The molecular formula is C19H26IN5O. The van der Waals surface area contributed by atoms with Crippen molar-refractivity contribution in [2.45, 2.75) is 19.9 Å². The Labute approximate surface area is 171 Å². The van der Waals surface area contributed by atoms with E-state index in [4.69, 9.17) is 0 Å². The fraction of sp³-hybridized carbons (Fsp3) is 0.316. The van der Waals surface area contributed by atoms with Crippen LogP contribution in [-0.4, -0.2) is 36.5 Å². The van der Waals surface area contributed by atoms with Crippen LogP contribution in [0.3, 0.4) is 0 Å². The summed E-state index contributed by atoms with van der Waals surface area (Å²) in [6.45, 7) is 5.84. The molecule has 1 atom stereocenters. The zero-order chi connectivity index (χ0) is 17.9. The van der Waals surface area contributed by atoms with Crippen LogP contribution in [0.2, 0.25) is 0 Å². The molecule has 1 amide bonds. The molecule has 26 heavy (non-hydrogen) atoms. The van der Waals surface area contributed by atoms with E-state index in [0.717, 1.165) is 12.5 Å². The third kappa shape index (κ3) is 7.38. The minimum atomic E-state index is -0.140. The first kappa shape index (κ1) is 21.9. The van der Waals surface area contributed by atoms with Gasteiger partial charge in [-0.1, -0.05) is 30.3 Å². The van der Waals surface area contributed by atoms with Gasteiger partial charge in [0.25, 0.3) is 5.91 Å². The predicted molar refractivity (Wildman–Crippen MR) is 116 cm³/mol. The molecule has 0 saturated heterocycles. The molecule has 2 aromatic rings. The second kappa shape index (κ2) is 12.2. The van der Waals surface area contributed by atoms with Crippen LogP contribution in [0.15, 0.2) is 59.9 Å². The van der Waals surface area contributed by atoms with E-state index in [0.29, 0.717) is 18.7 Å². The van der Waals surface area contributed by atoms with Crippen molar-refractivity contribution in [1.82, 2.24) is 20.9 Å². The number of carbonyl (C=O) groups excluding carboxylic acids is 1. The summed E-state index contributed by atoms with van der Waals surface area (Å²) < 4.78 is 0. The average Bonchev–Trinajstić information content (AvgIpc) is 2.66. The van der Waals surface area contributed by atoms with Crippen LogP contribution in [0, 0.1) is 0 Å². The number of benzene rings is 1. The Morgan fingerprint density at radius 1 is 1.15 bits per heavy atom. The highest BCUT2D eigenvalue weighted by Crippen LogP contribution is 2.10. The van der Waals surface area contributed by atoms with Crippen LogP contribution >= 0.6 is 24.0 Å². The van der Waals surface area contributed by atoms with Crippen molar-refractivity contribution >= 4 is 35.8 Å². The number of amides is 1. The number of nitrogens with one attached hydrogen (secondary N) is 3. The molecule has 0 aliphatic rings. The summed E-state index contributed by atoms with van der Waals surface area (Å²) >= 11 is 0. The van der Waals surface area contributed by atoms with E-state index in [1.54, 1.807) is 24.5 Å². The molecule has 2 rings (SSSR count). The third-order valence-electron chi connectivity index (χ3n) is 3.59. The minimum absolute atomic E-state index is 0. The standard InChI is InChI=1S/C19H25N5O.HI/c1-3-21-19(24-15(2)16-8-5-4-6-9-16)23-13-12-22-18(25)17-10-7-11-20-14-17;/h4-11,14-15H,3,12-13H2,1-2H3,(H,22,25)(H2,21,23,24);1H. The second-order valence-corrected chi connectivity index (χ2v) is 5.53. The molecule has 0 aliphatic carbocycles. The molecule has 6 nitrogen and oxygen atoms in total. The second-order valence-electron chi connectivity index (χ2n) is 5.53. The van der Waals surface area contributed by atoms with Crippen LogP contribution < -0.4 is 16.0 Å².